The molecule has 2 aromatic heterocycles. The SMILES string of the molecule is NC(=O)c1ccnc(-c2cccc(Cn3ccccc3=O)c2)n1. The minimum atomic E-state index is -0.597. The number of carbonyl (C=O) groups excluding carboxylic acids is 1. The first-order valence-corrected chi connectivity index (χ1v) is 7.01. The number of hydrogen-bond donors (Lipinski definition) is 1. The monoisotopic (exact) mass is 306 g/mol. The van der Waals surface area contributed by atoms with Gasteiger partial charge in [0.1, 0.15) is 5.69 Å². The van der Waals surface area contributed by atoms with Gasteiger partial charge in [0.15, 0.2) is 5.82 Å². The van der Waals surface area contributed by atoms with Gasteiger partial charge < -0.3 is 10.3 Å². The molecule has 0 saturated carbocycles. The lowest BCUT2D eigenvalue weighted by atomic mass is 10.1. The van der Waals surface area contributed by atoms with Crippen LogP contribution in [0.3, 0.4) is 0 Å². The molecule has 23 heavy (non-hydrogen) atoms. The average molecular weight is 306 g/mol. The molecule has 6 nitrogen and oxygen atoms in total. The van der Waals surface area contributed by atoms with Crippen molar-refractivity contribution in [2.75, 3.05) is 0 Å². The summed E-state index contributed by atoms with van der Waals surface area (Å²) in [6, 6.07) is 14.0. The highest BCUT2D eigenvalue weighted by Gasteiger charge is 2.07. The molecule has 0 saturated heterocycles. The van der Waals surface area contributed by atoms with Gasteiger partial charge in [0.2, 0.25) is 0 Å². The first kappa shape index (κ1) is 14.6. The van der Waals surface area contributed by atoms with Crippen molar-refractivity contribution in [3.63, 3.8) is 0 Å². The summed E-state index contributed by atoms with van der Waals surface area (Å²) in [7, 11) is 0. The molecule has 0 aliphatic heterocycles. The van der Waals surface area contributed by atoms with Crippen molar-refractivity contribution in [1.82, 2.24) is 14.5 Å². The predicted octanol–water partition coefficient (Wildman–Crippen LogP) is 1.45. The lowest BCUT2D eigenvalue weighted by Gasteiger charge is -2.07. The van der Waals surface area contributed by atoms with E-state index in [1.165, 1.54) is 18.3 Å². The Hall–Kier alpha value is -3.28. The third-order valence-electron chi connectivity index (χ3n) is 3.35. The van der Waals surface area contributed by atoms with Gasteiger partial charge >= 0.3 is 0 Å². The summed E-state index contributed by atoms with van der Waals surface area (Å²) in [5, 5.41) is 0. The van der Waals surface area contributed by atoms with Gasteiger partial charge in [-0.1, -0.05) is 24.3 Å². The fraction of sp³-hybridized carbons (Fsp3) is 0.0588. The second-order valence-corrected chi connectivity index (χ2v) is 5.00. The zero-order valence-electron chi connectivity index (χ0n) is 12.2. The van der Waals surface area contributed by atoms with Crippen molar-refractivity contribution in [2.24, 2.45) is 5.73 Å². The molecule has 3 aromatic rings. The molecule has 3 rings (SSSR count). The summed E-state index contributed by atoms with van der Waals surface area (Å²) in [5.74, 6) is -0.177. The molecule has 1 amide bonds. The average Bonchev–Trinajstić information content (AvgIpc) is 2.57. The Labute approximate surface area is 132 Å². The van der Waals surface area contributed by atoms with Gasteiger partial charge in [-0.15, -0.1) is 0 Å². The summed E-state index contributed by atoms with van der Waals surface area (Å²) in [6.07, 6.45) is 3.23. The minimum Gasteiger partial charge on any atom is -0.364 e. The summed E-state index contributed by atoms with van der Waals surface area (Å²) >= 11 is 0. The minimum absolute atomic E-state index is 0.0649. The molecular weight excluding hydrogens is 292 g/mol. The number of rotatable bonds is 4. The standard InChI is InChI=1S/C17H14N4O2/c18-16(23)14-7-8-19-17(20-14)13-5-3-4-12(10-13)11-21-9-2-1-6-15(21)22/h1-10H,11H2,(H2,18,23). The van der Waals surface area contributed by atoms with Crippen LogP contribution in [0.25, 0.3) is 11.4 Å². The summed E-state index contributed by atoms with van der Waals surface area (Å²) in [6.45, 7) is 0.447. The van der Waals surface area contributed by atoms with Gasteiger partial charge in [-0.2, -0.15) is 0 Å². The third kappa shape index (κ3) is 3.32. The van der Waals surface area contributed by atoms with Crippen LogP contribution in [0.1, 0.15) is 16.1 Å². The Morgan fingerprint density at radius 3 is 2.78 bits per heavy atom. The number of pyridine rings is 1. The number of carbonyl (C=O) groups is 1. The van der Waals surface area contributed by atoms with E-state index in [0.717, 1.165) is 11.1 Å². The van der Waals surface area contributed by atoms with Crippen molar-refractivity contribution in [1.29, 1.82) is 0 Å². The normalized spacial score (nSPS) is 10.4. The largest absolute Gasteiger partial charge is 0.364 e. The van der Waals surface area contributed by atoms with Gasteiger partial charge in [0.25, 0.3) is 11.5 Å². The molecule has 0 spiro atoms. The maximum atomic E-state index is 11.8. The topological polar surface area (TPSA) is 90.9 Å². The number of hydrogen-bond acceptors (Lipinski definition) is 4. The van der Waals surface area contributed by atoms with E-state index in [1.54, 1.807) is 16.8 Å². The van der Waals surface area contributed by atoms with E-state index in [1.807, 2.05) is 30.3 Å². The number of amides is 1. The Kier molecular flexibility index (Phi) is 3.97. The Morgan fingerprint density at radius 1 is 1.13 bits per heavy atom. The van der Waals surface area contributed by atoms with E-state index < -0.39 is 5.91 Å². The molecule has 0 fully saturated rings. The van der Waals surface area contributed by atoms with Crippen molar-refractivity contribution in [3.05, 3.63) is 82.5 Å². The maximum Gasteiger partial charge on any atom is 0.267 e. The summed E-state index contributed by atoms with van der Waals surface area (Å²) in [4.78, 5) is 31.3. The molecule has 1 aromatic carbocycles. The molecule has 0 radical (unpaired) electrons. The molecular formula is C17H14N4O2. The quantitative estimate of drug-likeness (QED) is 0.790. The van der Waals surface area contributed by atoms with Gasteiger partial charge in [0, 0.05) is 24.0 Å². The van der Waals surface area contributed by atoms with Crippen molar-refractivity contribution in [2.45, 2.75) is 6.54 Å². The number of primary amides is 1. The van der Waals surface area contributed by atoms with E-state index in [4.69, 9.17) is 5.73 Å². The fourth-order valence-electron chi connectivity index (χ4n) is 2.23. The number of benzene rings is 1. The fourth-order valence-corrected chi connectivity index (χ4v) is 2.23. The van der Waals surface area contributed by atoms with Crippen molar-refractivity contribution < 1.29 is 4.79 Å². The van der Waals surface area contributed by atoms with Gasteiger partial charge in [-0.25, -0.2) is 9.97 Å². The second kappa shape index (κ2) is 6.23. The van der Waals surface area contributed by atoms with Crippen LogP contribution in [0.2, 0.25) is 0 Å². The number of nitrogens with two attached hydrogens (primary N) is 1. The van der Waals surface area contributed by atoms with E-state index in [2.05, 4.69) is 9.97 Å². The van der Waals surface area contributed by atoms with E-state index >= 15 is 0 Å². The van der Waals surface area contributed by atoms with Crippen LogP contribution < -0.4 is 11.3 Å². The number of nitrogens with zero attached hydrogens (tertiary/aromatic N) is 3. The summed E-state index contributed by atoms with van der Waals surface area (Å²) < 4.78 is 1.61. The molecule has 6 heteroatoms. The van der Waals surface area contributed by atoms with E-state index in [9.17, 15) is 9.59 Å². The Morgan fingerprint density at radius 2 is 2.00 bits per heavy atom. The van der Waals surface area contributed by atoms with Crippen molar-refractivity contribution in [3.8, 4) is 11.4 Å². The molecule has 2 N–H and O–H groups in total. The van der Waals surface area contributed by atoms with Crippen LogP contribution in [0.4, 0.5) is 0 Å². The zero-order chi connectivity index (χ0) is 16.2. The Balaban J connectivity index is 1.94. The molecule has 0 atom stereocenters. The molecule has 0 aliphatic carbocycles. The van der Waals surface area contributed by atoms with Crippen LogP contribution >= 0.6 is 0 Å². The predicted molar refractivity (Wildman–Crippen MR) is 85.8 cm³/mol. The van der Waals surface area contributed by atoms with Crippen LogP contribution in [0.15, 0.2) is 65.7 Å². The van der Waals surface area contributed by atoms with Gasteiger partial charge in [-0.3, -0.25) is 9.59 Å². The first-order chi connectivity index (χ1) is 11.1. The van der Waals surface area contributed by atoms with Crippen LogP contribution in [-0.2, 0) is 6.54 Å². The molecule has 2 heterocycles. The lowest BCUT2D eigenvalue weighted by Crippen LogP contribution is -2.18. The number of aromatic nitrogens is 3. The lowest BCUT2D eigenvalue weighted by molar-refractivity contribution is 0.0995. The highest BCUT2D eigenvalue weighted by atomic mass is 16.1. The maximum absolute atomic E-state index is 11.8. The summed E-state index contributed by atoms with van der Waals surface area (Å²) in [5.41, 5.74) is 7.04. The molecule has 0 unspecified atom stereocenters. The van der Waals surface area contributed by atoms with Gasteiger partial charge in [0.05, 0.1) is 6.54 Å². The molecule has 0 bridgehead atoms. The zero-order valence-corrected chi connectivity index (χ0v) is 12.2. The highest BCUT2D eigenvalue weighted by Crippen LogP contribution is 2.17. The first-order valence-electron chi connectivity index (χ1n) is 7.01. The van der Waals surface area contributed by atoms with Crippen LogP contribution in [0, 0.1) is 0 Å². The van der Waals surface area contributed by atoms with Gasteiger partial charge in [-0.05, 0) is 23.8 Å². The van der Waals surface area contributed by atoms with Crippen LogP contribution in [-0.4, -0.2) is 20.4 Å². The van der Waals surface area contributed by atoms with Crippen LogP contribution in [0.5, 0.6) is 0 Å². The smallest absolute Gasteiger partial charge is 0.267 e. The third-order valence-corrected chi connectivity index (χ3v) is 3.35. The second-order valence-electron chi connectivity index (χ2n) is 5.00. The molecule has 114 valence electrons. The van der Waals surface area contributed by atoms with E-state index in [-0.39, 0.29) is 11.3 Å². The highest BCUT2D eigenvalue weighted by molar-refractivity contribution is 5.91. The Bertz CT molecular complexity index is 918. The van der Waals surface area contributed by atoms with Crippen molar-refractivity contribution >= 4 is 5.91 Å². The molecule has 0 aliphatic rings. The van der Waals surface area contributed by atoms with E-state index in [0.29, 0.717) is 12.4 Å².